The Balaban J connectivity index is 1.83. The van der Waals surface area contributed by atoms with Crippen LogP contribution in [0.2, 0.25) is 5.02 Å². The number of carboxylic acid groups (broad SMARTS) is 1. The molecule has 4 rings (SSSR count). The molecule has 1 aromatic carbocycles. The normalized spacial score (nSPS) is 21.4. The van der Waals surface area contributed by atoms with Gasteiger partial charge in [0.05, 0.1) is 12.7 Å². The summed E-state index contributed by atoms with van der Waals surface area (Å²) in [7, 11) is 1.26. The quantitative estimate of drug-likeness (QED) is 0.572. The van der Waals surface area contributed by atoms with E-state index in [0.29, 0.717) is 34.4 Å². The van der Waals surface area contributed by atoms with Gasteiger partial charge in [0.25, 0.3) is 0 Å². The Morgan fingerprint density at radius 2 is 2.24 bits per heavy atom. The molecule has 1 saturated heterocycles. The number of hydrogen-bond acceptors (Lipinski definition) is 9. The Hall–Kier alpha value is -2.47. The third kappa shape index (κ3) is 5.06. The molecule has 0 amide bonds. The molecule has 0 radical (unpaired) electrons. The van der Waals surface area contributed by atoms with Crippen molar-refractivity contribution in [3.63, 3.8) is 0 Å². The second kappa shape index (κ2) is 10.2. The number of thioether (sulfide) groups is 1. The van der Waals surface area contributed by atoms with Gasteiger partial charge < -0.3 is 15.2 Å². The topological polar surface area (TPSA) is 104 Å². The fourth-order valence-corrected chi connectivity index (χ4v) is 5.69. The molecule has 0 bridgehead atoms. The summed E-state index contributed by atoms with van der Waals surface area (Å²) in [6.07, 6.45) is 1.63. The van der Waals surface area contributed by atoms with Crippen molar-refractivity contribution in [1.82, 2.24) is 15.2 Å². The van der Waals surface area contributed by atoms with Crippen molar-refractivity contribution in [2.24, 2.45) is 4.99 Å². The maximum atomic E-state index is 13.7. The van der Waals surface area contributed by atoms with Crippen LogP contribution in [-0.4, -0.2) is 70.5 Å². The highest BCUT2D eigenvalue weighted by atomic mass is 35.5. The highest BCUT2D eigenvalue weighted by Gasteiger charge is 2.36. The number of ether oxygens (including phenoxy) is 1. The van der Waals surface area contributed by atoms with Crippen LogP contribution in [0.5, 0.6) is 0 Å². The van der Waals surface area contributed by atoms with Gasteiger partial charge in [-0.05, 0) is 12.1 Å². The monoisotopic (exact) mass is 510 g/mol. The number of aliphatic imine (C=N–C) groups is 1. The summed E-state index contributed by atoms with van der Waals surface area (Å²) in [5.74, 6) is -0.451. The number of rotatable bonds is 6. The van der Waals surface area contributed by atoms with Gasteiger partial charge in [-0.15, -0.1) is 11.3 Å². The zero-order chi connectivity index (χ0) is 23.5. The van der Waals surface area contributed by atoms with Crippen molar-refractivity contribution in [2.75, 3.05) is 31.7 Å². The molecule has 33 heavy (non-hydrogen) atoms. The molecule has 12 heteroatoms. The first-order valence-corrected chi connectivity index (χ1v) is 12.4. The highest BCUT2D eigenvalue weighted by Crippen LogP contribution is 2.37. The van der Waals surface area contributed by atoms with E-state index in [1.807, 2.05) is 0 Å². The molecule has 0 saturated carbocycles. The third-order valence-corrected chi connectivity index (χ3v) is 7.44. The van der Waals surface area contributed by atoms with Gasteiger partial charge in [0.2, 0.25) is 0 Å². The number of halogens is 2. The SMILES string of the molecule is COC(=O)C1=C(CN2CCSC[C@@H]2C(=O)O)NC(c2nccs2)=N[C@H]1c1ccc(F)cc1Cl. The van der Waals surface area contributed by atoms with Gasteiger partial charge in [-0.3, -0.25) is 14.7 Å². The lowest BCUT2D eigenvalue weighted by molar-refractivity contribution is -0.142. The van der Waals surface area contributed by atoms with E-state index in [4.69, 9.17) is 16.3 Å². The summed E-state index contributed by atoms with van der Waals surface area (Å²) >= 11 is 9.27. The molecule has 0 unspecified atom stereocenters. The van der Waals surface area contributed by atoms with Gasteiger partial charge in [-0.1, -0.05) is 17.7 Å². The number of carboxylic acids is 1. The van der Waals surface area contributed by atoms with Crippen molar-refractivity contribution < 1.29 is 23.8 Å². The second-order valence-corrected chi connectivity index (χ2v) is 9.74. The molecule has 0 aliphatic carbocycles. The first kappa shape index (κ1) is 23.7. The lowest BCUT2D eigenvalue weighted by Crippen LogP contribution is -2.50. The van der Waals surface area contributed by atoms with Crippen LogP contribution in [0.25, 0.3) is 0 Å². The molecule has 8 nitrogen and oxygen atoms in total. The lowest BCUT2D eigenvalue weighted by Gasteiger charge is -2.35. The molecular formula is C21H20ClFN4O4S2. The van der Waals surface area contributed by atoms with Crippen LogP contribution in [0.3, 0.4) is 0 Å². The fourth-order valence-electron chi connectivity index (χ4n) is 3.73. The standard InChI is InChI=1S/C21H20ClFN4O4S2/c1-31-21(30)16-14(9-27-5-7-32-10-15(27)20(28)29)25-18(19-24-4-6-33-19)26-17(16)12-3-2-11(23)8-13(12)22/h2-4,6,8,15,17H,5,7,9-10H2,1H3,(H,25,26)(H,28,29)/t15-,17+/m1/s1. The number of aromatic nitrogens is 1. The Labute approximate surface area is 202 Å². The minimum atomic E-state index is -0.926. The van der Waals surface area contributed by atoms with Crippen LogP contribution in [0.4, 0.5) is 4.39 Å². The van der Waals surface area contributed by atoms with Crippen molar-refractivity contribution in [3.8, 4) is 0 Å². The average molecular weight is 511 g/mol. The molecule has 3 heterocycles. The molecule has 174 valence electrons. The molecular weight excluding hydrogens is 491 g/mol. The largest absolute Gasteiger partial charge is 0.480 e. The van der Waals surface area contributed by atoms with Crippen LogP contribution in [0.15, 0.2) is 46.0 Å². The Morgan fingerprint density at radius 1 is 1.42 bits per heavy atom. The number of nitrogens with one attached hydrogen (secondary N) is 1. The molecule has 2 aliphatic rings. The summed E-state index contributed by atoms with van der Waals surface area (Å²) in [5, 5.41) is 15.4. The minimum Gasteiger partial charge on any atom is -0.480 e. The van der Waals surface area contributed by atoms with E-state index in [0.717, 1.165) is 11.8 Å². The van der Waals surface area contributed by atoms with E-state index in [1.54, 1.807) is 28.2 Å². The van der Waals surface area contributed by atoms with Crippen molar-refractivity contribution >= 4 is 52.5 Å². The molecule has 2 aromatic rings. The van der Waals surface area contributed by atoms with Crippen LogP contribution in [-0.2, 0) is 14.3 Å². The molecule has 2 N–H and O–H groups in total. The summed E-state index contributed by atoms with van der Waals surface area (Å²) < 4.78 is 18.8. The number of amidine groups is 1. The summed E-state index contributed by atoms with van der Waals surface area (Å²) in [4.78, 5) is 35.5. The highest BCUT2D eigenvalue weighted by molar-refractivity contribution is 7.99. The number of hydrogen-bond donors (Lipinski definition) is 2. The van der Waals surface area contributed by atoms with Crippen LogP contribution in [0, 0.1) is 5.82 Å². The lowest BCUT2D eigenvalue weighted by atomic mass is 9.95. The second-order valence-electron chi connectivity index (χ2n) is 7.29. The predicted molar refractivity (Wildman–Crippen MR) is 125 cm³/mol. The van der Waals surface area contributed by atoms with Crippen LogP contribution < -0.4 is 5.32 Å². The summed E-state index contributed by atoms with van der Waals surface area (Å²) in [5.41, 5.74) is 1.06. The molecule has 1 aromatic heterocycles. The van der Waals surface area contributed by atoms with E-state index in [1.165, 1.54) is 30.6 Å². The van der Waals surface area contributed by atoms with E-state index in [-0.39, 0.29) is 17.1 Å². The number of nitrogens with zero attached hydrogens (tertiary/aromatic N) is 3. The molecule has 0 spiro atoms. The maximum Gasteiger partial charge on any atom is 0.338 e. The van der Waals surface area contributed by atoms with E-state index >= 15 is 0 Å². The summed E-state index contributed by atoms with van der Waals surface area (Å²) in [6, 6.07) is 2.30. The number of carbonyl (C=O) groups is 2. The van der Waals surface area contributed by atoms with Crippen LogP contribution >= 0.6 is 34.7 Å². The number of aliphatic carboxylic acids is 1. The maximum absolute atomic E-state index is 13.7. The number of methoxy groups -OCH3 is 1. The molecule has 2 atom stereocenters. The molecule has 2 aliphatic heterocycles. The first-order chi connectivity index (χ1) is 15.9. The fraction of sp³-hybridized carbons (Fsp3) is 0.333. The predicted octanol–water partition coefficient (Wildman–Crippen LogP) is 2.96. The Bertz CT molecular complexity index is 1130. The van der Waals surface area contributed by atoms with Crippen molar-refractivity contribution in [2.45, 2.75) is 12.1 Å². The van der Waals surface area contributed by atoms with Crippen molar-refractivity contribution in [1.29, 1.82) is 0 Å². The minimum absolute atomic E-state index is 0.114. The van der Waals surface area contributed by atoms with Crippen molar-refractivity contribution in [3.05, 3.63) is 62.5 Å². The zero-order valence-electron chi connectivity index (χ0n) is 17.5. The third-order valence-electron chi connectivity index (χ3n) is 5.31. The van der Waals surface area contributed by atoms with Gasteiger partial charge in [0, 0.05) is 52.5 Å². The number of esters is 1. The van der Waals surface area contributed by atoms with Gasteiger partial charge in [-0.25, -0.2) is 14.2 Å². The number of benzene rings is 1. The van der Waals surface area contributed by atoms with Crippen LogP contribution in [0.1, 0.15) is 16.6 Å². The van der Waals surface area contributed by atoms with E-state index < -0.39 is 29.8 Å². The first-order valence-electron chi connectivity index (χ1n) is 9.94. The smallest absolute Gasteiger partial charge is 0.338 e. The number of carbonyl (C=O) groups excluding carboxylic acids is 1. The number of thiazole rings is 1. The zero-order valence-corrected chi connectivity index (χ0v) is 19.8. The molecule has 1 fully saturated rings. The van der Waals surface area contributed by atoms with Gasteiger partial charge in [-0.2, -0.15) is 11.8 Å². The van der Waals surface area contributed by atoms with Gasteiger partial charge in [0.15, 0.2) is 10.8 Å². The van der Waals surface area contributed by atoms with E-state index in [2.05, 4.69) is 15.3 Å². The van der Waals surface area contributed by atoms with Gasteiger partial charge >= 0.3 is 11.9 Å². The Kier molecular flexibility index (Phi) is 7.32. The summed E-state index contributed by atoms with van der Waals surface area (Å²) in [6.45, 7) is 0.689. The van der Waals surface area contributed by atoms with E-state index in [9.17, 15) is 19.1 Å². The Morgan fingerprint density at radius 3 is 2.91 bits per heavy atom. The average Bonchev–Trinajstić information content (AvgIpc) is 3.33. The van der Waals surface area contributed by atoms with Gasteiger partial charge in [0.1, 0.15) is 17.9 Å².